The maximum atomic E-state index is 10.8. The maximum absolute atomic E-state index is 10.8. The van der Waals surface area contributed by atoms with E-state index in [1.54, 1.807) is 0 Å². The Labute approximate surface area is 72.7 Å². The molecule has 0 saturated heterocycles. The summed E-state index contributed by atoms with van der Waals surface area (Å²) in [6, 6.07) is 0.712. The van der Waals surface area contributed by atoms with Crippen LogP contribution in [0.5, 0.6) is 0 Å². The van der Waals surface area contributed by atoms with E-state index in [0.29, 0.717) is 12.6 Å². The topological polar surface area (TPSA) is 50.4 Å². The van der Waals surface area contributed by atoms with Crippen LogP contribution < -0.4 is 10.6 Å². The van der Waals surface area contributed by atoms with Gasteiger partial charge >= 0.3 is 0 Å². The fourth-order valence-electron chi connectivity index (χ4n) is 0.948. The van der Waals surface area contributed by atoms with E-state index in [2.05, 4.69) is 15.4 Å². The van der Waals surface area contributed by atoms with Crippen molar-refractivity contribution < 1.29 is 9.53 Å². The second-order valence-electron chi connectivity index (χ2n) is 3.01. The molecule has 4 heteroatoms. The third-order valence-corrected chi connectivity index (χ3v) is 1.73. The average molecular weight is 172 g/mol. The molecule has 1 fully saturated rings. The zero-order valence-corrected chi connectivity index (χ0v) is 7.43. The Hall–Kier alpha value is -0.610. The summed E-state index contributed by atoms with van der Waals surface area (Å²) in [7, 11) is 1.52. The molecule has 12 heavy (non-hydrogen) atoms. The van der Waals surface area contributed by atoms with Gasteiger partial charge in [0, 0.05) is 26.2 Å². The number of hydrogen-bond acceptors (Lipinski definition) is 3. The summed E-state index contributed by atoms with van der Waals surface area (Å²) in [6.45, 7) is 1.71. The van der Waals surface area contributed by atoms with Gasteiger partial charge in [-0.3, -0.25) is 4.79 Å². The molecule has 1 amide bonds. The van der Waals surface area contributed by atoms with Crippen molar-refractivity contribution >= 4 is 5.91 Å². The predicted molar refractivity (Wildman–Crippen MR) is 45.9 cm³/mol. The van der Waals surface area contributed by atoms with Crippen LogP contribution in [0.4, 0.5) is 0 Å². The molecule has 0 spiro atoms. The van der Waals surface area contributed by atoms with Crippen LogP contribution >= 0.6 is 0 Å². The van der Waals surface area contributed by atoms with Gasteiger partial charge in [0.05, 0.1) is 0 Å². The van der Waals surface area contributed by atoms with Crippen LogP contribution in [-0.4, -0.2) is 38.8 Å². The predicted octanol–water partition coefficient (Wildman–Crippen LogP) is -0.499. The molecule has 0 aromatic carbocycles. The van der Waals surface area contributed by atoms with Crippen molar-refractivity contribution in [2.45, 2.75) is 18.9 Å². The number of hydrogen-bond donors (Lipinski definition) is 2. The Morgan fingerprint density at radius 2 is 2.25 bits per heavy atom. The quantitative estimate of drug-likeness (QED) is 0.531. The average Bonchev–Trinajstić information content (AvgIpc) is 2.82. The van der Waals surface area contributed by atoms with E-state index in [-0.39, 0.29) is 12.5 Å². The van der Waals surface area contributed by atoms with Crippen molar-refractivity contribution in [3.63, 3.8) is 0 Å². The lowest BCUT2D eigenvalue weighted by Crippen LogP contribution is -2.34. The summed E-state index contributed by atoms with van der Waals surface area (Å²) in [5, 5.41) is 6.04. The van der Waals surface area contributed by atoms with E-state index in [4.69, 9.17) is 0 Å². The molecule has 0 bridgehead atoms. The Balaban J connectivity index is 1.83. The van der Waals surface area contributed by atoms with Crippen molar-refractivity contribution in [1.29, 1.82) is 0 Å². The summed E-state index contributed by atoms with van der Waals surface area (Å²) >= 11 is 0. The van der Waals surface area contributed by atoms with E-state index >= 15 is 0 Å². The van der Waals surface area contributed by atoms with E-state index in [1.165, 1.54) is 20.0 Å². The van der Waals surface area contributed by atoms with Gasteiger partial charge in [-0.05, 0) is 12.8 Å². The number of nitrogens with one attached hydrogen (secondary N) is 2. The highest BCUT2D eigenvalue weighted by molar-refractivity contribution is 5.77. The molecule has 0 aromatic heterocycles. The van der Waals surface area contributed by atoms with Gasteiger partial charge in [0.25, 0.3) is 0 Å². The molecule has 4 nitrogen and oxygen atoms in total. The van der Waals surface area contributed by atoms with E-state index in [1.807, 2.05) is 0 Å². The molecule has 1 rings (SSSR count). The molecule has 1 aliphatic carbocycles. The molecule has 0 radical (unpaired) electrons. The normalized spacial score (nSPS) is 16.1. The molecule has 1 saturated carbocycles. The third kappa shape index (κ3) is 4.31. The van der Waals surface area contributed by atoms with Crippen LogP contribution in [0.2, 0.25) is 0 Å². The van der Waals surface area contributed by atoms with E-state index in [9.17, 15) is 4.79 Å². The van der Waals surface area contributed by atoms with Gasteiger partial charge in [-0.25, -0.2) is 0 Å². The van der Waals surface area contributed by atoms with Crippen molar-refractivity contribution in [2.75, 3.05) is 26.8 Å². The monoisotopic (exact) mass is 172 g/mol. The summed E-state index contributed by atoms with van der Waals surface area (Å²) in [6.07, 6.45) is 2.57. The molecule has 2 N–H and O–H groups in total. The van der Waals surface area contributed by atoms with Crippen LogP contribution in [0.25, 0.3) is 0 Å². The van der Waals surface area contributed by atoms with E-state index < -0.39 is 0 Å². The minimum absolute atomic E-state index is 0.0462. The van der Waals surface area contributed by atoms with Crippen molar-refractivity contribution in [2.24, 2.45) is 0 Å². The first-order valence-corrected chi connectivity index (χ1v) is 4.32. The molecule has 0 aromatic rings. The SMILES string of the molecule is COCC(=O)NCCNC1CC1. The summed E-state index contributed by atoms with van der Waals surface area (Å²) in [5.41, 5.74) is 0. The Kier molecular flexibility index (Phi) is 4.04. The van der Waals surface area contributed by atoms with Crippen molar-refractivity contribution in [1.82, 2.24) is 10.6 Å². The number of carbonyl (C=O) groups is 1. The molecule has 70 valence electrons. The number of rotatable bonds is 6. The first kappa shape index (κ1) is 9.48. The van der Waals surface area contributed by atoms with Gasteiger partial charge in [0.2, 0.25) is 5.91 Å². The van der Waals surface area contributed by atoms with Crippen molar-refractivity contribution in [3.8, 4) is 0 Å². The first-order chi connectivity index (χ1) is 5.83. The number of carbonyl (C=O) groups excluding carboxylic acids is 1. The smallest absolute Gasteiger partial charge is 0.246 e. The molecule has 1 aliphatic rings. The number of methoxy groups -OCH3 is 1. The molecular formula is C8H16N2O2. The van der Waals surface area contributed by atoms with Crippen LogP contribution in [0.15, 0.2) is 0 Å². The Bertz CT molecular complexity index is 146. The number of amides is 1. The van der Waals surface area contributed by atoms with Crippen LogP contribution in [0, 0.1) is 0 Å². The second-order valence-corrected chi connectivity index (χ2v) is 3.01. The molecule has 0 aliphatic heterocycles. The highest BCUT2D eigenvalue weighted by atomic mass is 16.5. The minimum Gasteiger partial charge on any atom is -0.375 e. The second kappa shape index (κ2) is 5.11. The van der Waals surface area contributed by atoms with Crippen LogP contribution in [-0.2, 0) is 9.53 Å². The zero-order chi connectivity index (χ0) is 8.81. The van der Waals surface area contributed by atoms with E-state index in [0.717, 1.165) is 6.54 Å². The standard InChI is InChI=1S/C8H16N2O2/c1-12-6-8(11)10-5-4-9-7-2-3-7/h7,9H,2-6H2,1H3,(H,10,11). The molecule has 0 heterocycles. The molecular weight excluding hydrogens is 156 g/mol. The largest absolute Gasteiger partial charge is 0.375 e. The van der Waals surface area contributed by atoms with Gasteiger partial charge in [-0.1, -0.05) is 0 Å². The lowest BCUT2D eigenvalue weighted by molar-refractivity contribution is -0.124. The first-order valence-electron chi connectivity index (χ1n) is 4.32. The van der Waals surface area contributed by atoms with Crippen LogP contribution in [0.1, 0.15) is 12.8 Å². The summed E-state index contributed by atoms with van der Waals surface area (Å²) in [4.78, 5) is 10.8. The van der Waals surface area contributed by atoms with Gasteiger partial charge in [0.15, 0.2) is 0 Å². The summed E-state index contributed by atoms with van der Waals surface area (Å²) < 4.78 is 4.66. The van der Waals surface area contributed by atoms with Crippen LogP contribution in [0.3, 0.4) is 0 Å². The van der Waals surface area contributed by atoms with Gasteiger partial charge in [0.1, 0.15) is 6.61 Å². The highest BCUT2D eigenvalue weighted by Crippen LogP contribution is 2.17. The molecule has 0 unspecified atom stereocenters. The van der Waals surface area contributed by atoms with Gasteiger partial charge < -0.3 is 15.4 Å². The molecule has 0 atom stereocenters. The fraction of sp³-hybridized carbons (Fsp3) is 0.875. The lowest BCUT2D eigenvalue weighted by Gasteiger charge is -2.04. The number of ether oxygens (including phenoxy) is 1. The highest BCUT2D eigenvalue weighted by Gasteiger charge is 2.19. The third-order valence-electron chi connectivity index (χ3n) is 1.73. The van der Waals surface area contributed by atoms with Gasteiger partial charge in [-0.2, -0.15) is 0 Å². The maximum Gasteiger partial charge on any atom is 0.246 e. The Morgan fingerprint density at radius 1 is 1.50 bits per heavy atom. The minimum atomic E-state index is -0.0462. The van der Waals surface area contributed by atoms with Crippen molar-refractivity contribution in [3.05, 3.63) is 0 Å². The zero-order valence-electron chi connectivity index (χ0n) is 7.43. The van der Waals surface area contributed by atoms with Gasteiger partial charge in [-0.15, -0.1) is 0 Å². The fourth-order valence-corrected chi connectivity index (χ4v) is 0.948. The summed E-state index contributed by atoms with van der Waals surface area (Å²) in [5.74, 6) is -0.0462. The Morgan fingerprint density at radius 3 is 2.83 bits per heavy atom. The lowest BCUT2D eigenvalue weighted by atomic mass is 10.5.